The number of hydrogen-bond acceptors (Lipinski definition) is 6. The van der Waals surface area contributed by atoms with Crippen molar-refractivity contribution in [1.29, 1.82) is 0 Å². The molecule has 3 N–H and O–H groups in total. The fourth-order valence-electron chi connectivity index (χ4n) is 3.91. The monoisotopic (exact) mass is 437 g/mol. The van der Waals surface area contributed by atoms with Crippen LogP contribution in [0.1, 0.15) is 33.6 Å². The summed E-state index contributed by atoms with van der Waals surface area (Å²) in [6.45, 7) is 0. The number of pyridine rings is 1. The Morgan fingerprint density at radius 2 is 1.97 bits per heavy atom. The molecule has 7 nitrogen and oxygen atoms in total. The van der Waals surface area contributed by atoms with Crippen LogP contribution in [0.4, 0.5) is 5.00 Å². The van der Waals surface area contributed by atoms with Crippen molar-refractivity contribution in [2.24, 2.45) is 5.73 Å². The number of carbonyl (C=O) groups is 2. The van der Waals surface area contributed by atoms with E-state index in [9.17, 15) is 9.59 Å². The van der Waals surface area contributed by atoms with E-state index < -0.39 is 5.91 Å². The Morgan fingerprint density at radius 1 is 1.13 bits per heavy atom. The molecule has 1 aliphatic rings. The molecule has 30 heavy (non-hydrogen) atoms. The summed E-state index contributed by atoms with van der Waals surface area (Å²) in [6, 6.07) is 11.9. The topological polar surface area (TPSA) is 102 Å². The first-order valence-electron chi connectivity index (χ1n) is 9.71. The van der Waals surface area contributed by atoms with E-state index in [2.05, 4.69) is 15.5 Å². The van der Waals surface area contributed by atoms with Crippen molar-refractivity contribution in [2.75, 3.05) is 11.1 Å². The predicted octanol–water partition coefficient (Wildman–Crippen LogP) is 3.65. The summed E-state index contributed by atoms with van der Waals surface area (Å²) in [4.78, 5) is 25.8. The van der Waals surface area contributed by atoms with Gasteiger partial charge in [-0.2, -0.15) is 0 Å². The van der Waals surface area contributed by atoms with Gasteiger partial charge in [-0.1, -0.05) is 30.0 Å². The van der Waals surface area contributed by atoms with Gasteiger partial charge in [-0.25, -0.2) is 0 Å². The zero-order chi connectivity index (χ0) is 20.7. The SMILES string of the molecule is NC(=O)c1c(NC(=O)CSc2nnc3ccc4ccccc4n23)sc2c1CCCC2. The lowest BCUT2D eigenvalue weighted by Gasteiger charge is -2.11. The van der Waals surface area contributed by atoms with E-state index in [1.54, 1.807) is 0 Å². The quantitative estimate of drug-likeness (QED) is 0.464. The lowest BCUT2D eigenvalue weighted by atomic mass is 9.95. The first kappa shape index (κ1) is 19.1. The number of primary amides is 1. The molecule has 2 amide bonds. The molecule has 3 aromatic heterocycles. The van der Waals surface area contributed by atoms with Crippen LogP contribution in [0.15, 0.2) is 41.6 Å². The molecule has 1 aromatic carbocycles. The van der Waals surface area contributed by atoms with Gasteiger partial charge >= 0.3 is 0 Å². The molecular weight excluding hydrogens is 418 g/mol. The molecule has 0 atom stereocenters. The Balaban J connectivity index is 1.37. The van der Waals surface area contributed by atoms with Gasteiger partial charge in [0.1, 0.15) is 5.00 Å². The second kappa shape index (κ2) is 7.73. The highest BCUT2D eigenvalue weighted by Crippen LogP contribution is 2.38. The van der Waals surface area contributed by atoms with Gasteiger partial charge in [-0.05, 0) is 54.8 Å². The number of amides is 2. The van der Waals surface area contributed by atoms with Crippen molar-refractivity contribution in [2.45, 2.75) is 30.8 Å². The van der Waals surface area contributed by atoms with Crippen LogP contribution in [0, 0.1) is 0 Å². The molecular formula is C21H19N5O2S2. The van der Waals surface area contributed by atoms with E-state index >= 15 is 0 Å². The van der Waals surface area contributed by atoms with Crippen LogP contribution in [0.5, 0.6) is 0 Å². The van der Waals surface area contributed by atoms with Crippen molar-refractivity contribution in [3.05, 3.63) is 52.4 Å². The molecule has 5 rings (SSSR count). The molecule has 3 heterocycles. The average molecular weight is 438 g/mol. The number of rotatable bonds is 5. The number of fused-ring (bicyclic) bond motifs is 4. The Labute approximate surface area is 180 Å². The second-order valence-electron chi connectivity index (χ2n) is 7.18. The standard InChI is InChI=1S/C21H19N5O2S2/c22-19(28)18-13-6-2-4-8-15(13)30-20(18)23-17(27)11-29-21-25-24-16-10-9-12-5-1-3-7-14(12)26(16)21/h1,3,5,7,9-10H,2,4,6,8,11H2,(H2,22,28)(H,23,27). The van der Waals surface area contributed by atoms with Crippen molar-refractivity contribution >= 4 is 56.5 Å². The molecule has 0 saturated carbocycles. The Hall–Kier alpha value is -2.91. The Bertz CT molecular complexity index is 1290. The number of thioether (sulfide) groups is 1. The van der Waals surface area contributed by atoms with E-state index in [0.29, 0.717) is 15.7 Å². The fourth-order valence-corrected chi connectivity index (χ4v) is 5.98. The lowest BCUT2D eigenvalue weighted by Crippen LogP contribution is -2.19. The van der Waals surface area contributed by atoms with Crippen LogP contribution in [0.3, 0.4) is 0 Å². The lowest BCUT2D eigenvalue weighted by molar-refractivity contribution is -0.113. The van der Waals surface area contributed by atoms with Crippen molar-refractivity contribution in [3.63, 3.8) is 0 Å². The minimum absolute atomic E-state index is 0.158. The molecule has 0 bridgehead atoms. The first-order valence-corrected chi connectivity index (χ1v) is 11.5. The van der Waals surface area contributed by atoms with Crippen LogP contribution in [-0.2, 0) is 17.6 Å². The van der Waals surface area contributed by atoms with Gasteiger partial charge in [0.15, 0.2) is 10.8 Å². The Morgan fingerprint density at radius 3 is 2.83 bits per heavy atom. The molecule has 0 unspecified atom stereocenters. The maximum Gasteiger partial charge on any atom is 0.251 e. The summed E-state index contributed by atoms with van der Waals surface area (Å²) in [5, 5.41) is 13.7. The summed E-state index contributed by atoms with van der Waals surface area (Å²) in [5.74, 6) is -0.518. The van der Waals surface area contributed by atoms with Crippen LogP contribution in [-0.4, -0.2) is 32.2 Å². The molecule has 0 aliphatic heterocycles. The molecule has 4 aromatic rings. The summed E-state index contributed by atoms with van der Waals surface area (Å²) < 4.78 is 1.95. The van der Waals surface area contributed by atoms with Crippen LogP contribution >= 0.6 is 23.1 Å². The number of anilines is 1. The van der Waals surface area contributed by atoms with Gasteiger partial charge in [0, 0.05) is 4.88 Å². The maximum absolute atomic E-state index is 12.7. The van der Waals surface area contributed by atoms with Crippen molar-refractivity contribution in [3.8, 4) is 0 Å². The van der Waals surface area contributed by atoms with Gasteiger partial charge in [0.2, 0.25) is 5.91 Å². The number of benzene rings is 1. The van der Waals surface area contributed by atoms with E-state index in [4.69, 9.17) is 5.73 Å². The smallest absolute Gasteiger partial charge is 0.251 e. The average Bonchev–Trinajstić information content (AvgIpc) is 3.33. The molecule has 9 heteroatoms. The third kappa shape index (κ3) is 3.33. The van der Waals surface area contributed by atoms with E-state index in [0.717, 1.165) is 52.7 Å². The van der Waals surface area contributed by atoms with Crippen LogP contribution < -0.4 is 11.1 Å². The molecule has 0 radical (unpaired) electrons. The highest BCUT2D eigenvalue weighted by atomic mass is 32.2. The summed E-state index contributed by atoms with van der Waals surface area (Å²) in [5.41, 5.74) is 8.83. The number of nitrogens with zero attached hydrogens (tertiary/aromatic N) is 3. The number of aromatic nitrogens is 3. The first-order chi connectivity index (χ1) is 14.6. The van der Waals surface area contributed by atoms with Crippen molar-refractivity contribution < 1.29 is 9.59 Å². The largest absolute Gasteiger partial charge is 0.365 e. The number of thiophene rings is 1. The van der Waals surface area contributed by atoms with E-state index in [-0.39, 0.29) is 11.7 Å². The van der Waals surface area contributed by atoms with Gasteiger partial charge < -0.3 is 11.1 Å². The Kier molecular flexibility index (Phi) is 4.92. The van der Waals surface area contributed by atoms with E-state index in [1.807, 2.05) is 40.8 Å². The van der Waals surface area contributed by atoms with Gasteiger partial charge in [-0.3, -0.25) is 14.0 Å². The molecule has 0 saturated heterocycles. The normalized spacial score (nSPS) is 13.5. The summed E-state index contributed by atoms with van der Waals surface area (Å²) in [7, 11) is 0. The zero-order valence-corrected chi connectivity index (χ0v) is 17.7. The second-order valence-corrected chi connectivity index (χ2v) is 9.23. The number of nitrogens with two attached hydrogens (primary N) is 1. The minimum atomic E-state index is -0.479. The number of hydrogen-bond donors (Lipinski definition) is 2. The molecule has 0 spiro atoms. The number of carbonyl (C=O) groups excluding carboxylic acids is 2. The summed E-state index contributed by atoms with van der Waals surface area (Å²) >= 11 is 2.78. The zero-order valence-electron chi connectivity index (χ0n) is 16.1. The van der Waals surface area contributed by atoms with Crippen LogP contribution in [0.25, 0.3) is 16.6 Å². The maximum atomic E-state index is 12.7. The minimum Gasteiger partial charge on any atom is -0.365 e. The third-order valence-electron chi connectivity index (χ3n) is 5.25. The van der Waals surface area contributed by atoms with Crippen LogP contribution in [0.2, 0.25) is 0 Å². The molecule has 0 fully saturated rings. The van der Waals surface area contributed by atoms with Gasteiger partial charge in [-0.15, -0.1) is 21.5 Å². The molecule has 152 valence electrons. The van der Waals surface area contributed by atoms with Gasteiger partial charge in [0.05, 0.1) is 16.8 Å². The molecule has 1 aliphatic carbocycles. The predicted molar refractivity (Wildman–Crippen MR) is 119 cm³/mol. The third-order valence-corrected chi connectivity index (χ3v) is 7.39. The van der Waals surface area contributed by atoms with Gasteiger partial charge in [0.25, 0.3) is 5.91 Å². The number of nitrogens with one attached hydrogen (secondary N) is 1. The number of aryl methyl sites for hydroxylation is 1. The highest BCUT2D eigenvalue weighted by Gasteiger charge is 2.25. The van der Waals surface area contributed by atoms with E-state index in [1.165, 1.54) is 23.1 Å². The fraction of sp³-hybridized carbons (Fsp3) is 0.238. The van der Waals surface area contributed by atoms with Crippen molar-refractivity contribution in [1.82, 2.24) is 14.6 Å². The highest BCUT2D eigenvalue weighted by molar-refractivity contribution is 7.99. The summed E-state index contributed by atoms with van der Waals surface area (Å²) in [6.07, 6.45) is 3.92. The number of para-hydroxylation sites is 1.